The molecule has 1 N–H and O–H groups in total. The maximum atomic E-state index is 12.1. The average molecular weight is 387 g/mol. The summed E-state index contributed by atoms with van der Waals surface area (Å²) in [5.74, 6) is -0.00899. The highest BCUT2D eigenvalue weighted by Crippen LogP contribution is 2.23. The molecule has 7 nitrogen and oxygen atoms in total. The van der Waals surface area contributed by atoms with E-state index in [1.807, 2.05) is 29.8 Å². The van der Waals surface area contributed by atoms with Crippen molar-refractivity contribution in [1.29, 1.82) is 0 Å². The molecule has 26 heavy (non-hydrogen) atoms. The molecule has 3 heterocycles. The Morgan fingerprint density at radius 1 is 1.31 bits per heavy atom. The fourth-order valence-corrected chi connectivity index (χ4v) is 3.26. The molecule has 0 radical (unpaired) electrons. The molecule has 0 aliphatic carbocycles. The van der Waals surface area contributed by atoms with Gasteiger partial charge in [0.1, 0.15) is 16.4 Å². The Labute approximate surface area is 159 Å². The van der Waals surface area contributed by atoms with Gasteiger partial charge in [-0.25, -0.2) is 19.7 Å². The van der Waals surface area contributed by atoms with Crippen molar-refractivity contribution in [2.45, 2.75) is 18.6 Å². The maximum Gasteiger partial charge on any atom is 0.343 e. The molecule has 3 aromatic rings. The highest BCUT2D eigenvalue weighted by molar-refractivity contribution is 7.98. The molecular weight excluding hydrogens is 370 g/mol. The third-order valence-corrected chi connectivity index (χ3v) is 4.79. The number of nitrogens with zero attached hydrogens (tertiary/aromatic N) is 4. The molecule has 0 fully saturated rings. The summed E-state index contributed by atoms with van der Waals surface area (Å²) >= 11 is 2.93. The van der Waals surface area contributed by atoms with Crippen LogP contribution in [0, 0.1) is 0 Å². The molecule has 0 bridgehead atoms. The van der Waals surface area contributed by atoms with Gasteiger partial charge in [0.05, 0.1) is 24.5 Å². The first-order chi connectivity index (χ1) is 12.7. The van der Waals surface area contributed by atoms with Crippen molar-refractivity contribution in [3.8, 4) is 10.7 Å². The number of aromatic nitrogens is 4. The largest absolute Gasteiger partial charge is 0.462 e. The summed E-state index contributed by atoms with van der Waals surface area (Å²) in [5, 5.41) is 6.55. The molecule has 134 valence electrons. The topological polar surface area (TPSA) is 89.9 Å². The van der Waals surface area contributed by atoms with E-state index < -0.39 is 5.97 Å². The number of thiazole rings is 1. The monoisotopic (exact) mass is 387 g/mol. The Balaban J connectivity index is 1.77. The molecule has 3 rings (SSSR count). The number of carbonyl (C=O) groups is 1. The molecule has 0 amide bonds. The van der Waals surface area contributed by atoms with Gasteiger partial charge in [-0.1, -0.05) is 17.8 Å². The predicted molar refractivity (Wildman–Crippen MR) is 102 cm³/mol. The van der Waals surface area contributed by atoms with Gasteiger partial charge >= 0.3 is 5.97 Å². The summed E-state index contributed by atoms with van der Waals surface area (Å²) in [6.07, 6.45) is 5.10. The van der Waals surface area contributed by atoms with Crippen LogP contribution in [0.3, 0.4) is 0 Å². The SMILES string of the molecule is CCOC(=O)c1cnc(SC)nc1NCc1csc(-c2ccccn2)n1. The van der Waals surface area contributed by atoms with Crippen LogP contribution in [0.25, 0.3) is 10.7 Å². The number of ether oxygens (including phenoxy) is 1. The first-order valence-corrected chi connectivity index (χ1v) is 9.99. The van der Waals surface area contributed by atoms with Gasteiger partial charge in [-0.05, 0) is 25.3 Å². The van der Waals surface area contributed by atoms with Crippen LogP contribution in [0.5, 0.6) is 0 Å². The number of hydrogen-bond acceptors (Lipinski definition) is 9. The molecule has 0 aliphatic heterocycles. The molecule has 0 unspecified atom stereocenters. The lowest BCUT2D eigenvalue weighted by atomic mass is 10.3. The number of esters is 1. The van der Waals surface area contributed by atoms with Crippen molar-refractivity contribution in [3.63, 3.8) is 0 Å². The van der Waals surface area contributed by atoms with Crippen LogP contribution in [0.4, 0.5) is 5.82 Å². The quantitative estimate of drug-likeness (QED) is 0.374. The van der Waals surface area contributed by atoms with Crippen molar-refractivity contribution in [2.24, 2.45) is 0 Å². The minimum absolute atomic E-state index is 0.294. The van der Waals surface area contributed by atoms with Gasteiger partial charge in [0, 0.05) is 17.8 Å². The number of thioether (sulfide) groups is 1. The summed E-state index contributed by atoms with van der Waals surface area (Å²) < 4.78 is 5.07. The van der Waals surface area contributed by atoms with Gasteiger partial charge in [0.25, 0.3) is 0 Å². The summed E-state index contributed by atoms with van der Waals surface area (Å²) in [6, 6.07) is 5.72. The highest BCUT2D eigenvalue weighted by Gasteiger charge is 2.16. The Kier molecular flexibility index (Phi) is 6.13. The molecule has 0 saturated heterocycles. The van der Waals surface area contributed by atoms with E-state index >= 15 is 0 Å². The van der Waals surface area contributed by atoms with Crippen molar-refractivity contribution < 1.29 is 9.53 Å². The minimum atomic E-state index is -0.449. The van der Waals surface area contributed by atoms with Gasteiger partial charge in [-0.2, -0.15) is 0 Å². The molecule has 0 aliphatic rings. The molecular formula is C17H17N5O2S2. The molecule has 0 atom stereocenters. The van der Waals surface area contributed by atoms with Crippen LogP contribution in [-0.2, 0) is 11.3 Å². The van der Waals surface area contributed by atoms with E-state index in [0.717, 1.165) is 16.4 Å². The zero-order valence-electron chi connectivity index (χ0n) is 14.3. The van der Waals surface area contributed by atoms with Crippen LogP contribution in [0.2, 0.25) is 0 Å². The maximum absolute atomic E-state index is 12.1. The van der Waals surface area contributed by atoms with E-state index in [1.165, 1.54) is 29.3 Å². The number of rotatable bonds is 7. The molecule has 3 aromatic heterocycles. The Hall–Kier alpha value is -2.52. The normalized spacial score (nSPS) is 10.5. The summed E-state index contributed by atoms with van der Waals surface area (Å²) in [5.41, 5.74) is 1.99. The lowest BCUT2D eigenvalue weighted by Crippen LogP contribution is -2.12. The molecule has 0 saturated carbocycles. The number of hydrogen-bond donors (Lipinski definition) is 1. The van der Waals surface area contributed by atoms with Crippen LogP contribution in [-0.4, -0.2) is 38.8 Å². The zero-order chi connectivity index (χ0) is 18.4. The van der Waals surface area contributed by atoms with Gasteiger partial charge < -0.3 is 10.1 Å². The Bertz CT molecular complexity index is 886. The van der Waals surface area contributed by atoms with Crippen molar-refractivity contribution in [3.05, 3.63) is 47.2 Å². The van der Waals surface area contributed by atoms with Crippen molar-refractivity contribution >= 4 is 34.9 Å². The van der Waals surface area contributed by atoms with E-state index in [-0.39, 0.29) is 0 Å². The Morgan fingerprint density at radius 3 is 2.92 bits per heavy atom. The number of pyridine rings is 1. The van der Waals surface area contributed by atoms with Crippen LogP contribution in [0.1, 0.15) is 23.0 Å². The standard InChI is InChI=1S/C17H17N5O2S2/c1-3-24-16(23)12-9-20-17(25-2)22-14(12)19-8-11-10-26-15(21-11)13-6-4-5-7-18-13/h4-7,9-10H,3,8H2,1-2H3,(H,19,20,22). The summed E-state index contributed by atoms with van der Waals surface area (Å²) in [7, 11) is 0. The average Bonchev–Trinajstić information content (AvgIpc) is 3.16. The molecule has 9 heteroatoms. The van der Waals surface area contributed by atoms with E-state index in [4.69, 9.17) is 4.74 Å². The number of anilines is 1. The lowest BCUT2D eigenvalue weighted by molar-refractivity contribution is 0.0526. The predicted octanol–water partition coefficient (Wildman–Crippen LogP) is 3.51. The number of nitrogens with one attached hydrogen (secondary N) is 1. The summed E-state index contributed by atoms with van der Waals surface area (Å²) in [6.45, 7) is 2.49. The molecule has 0 spiro atoms. The Morgan fingerprint density at radius 2 is 2.19 bits per heavy atom. The van der Waals surface area contributed by atoms with Crippen molar-refractivity contribution in [2.75, 3.05) is 18.2 Å². The second-order valence-corrected chi connectivity index (χ2v) is 6.68. The van der Waals surface area contributed by atoms with E-state index in [9.17, 15) is 4.79 Å². The van der Waals surface area contributed by atoms with Gasteiger partial charge in [-0.3, -0.25) is 4.98 Å². The first-order valence-electron chi connectivity index (χ1n) is 7.89. The van der Waals surface area contributed by atoms with Crippen LogP contribution in [0.15, 0.2) is 41.1 Å². The van der Waals surface area contributed by atoms with Gasteiger partial charge in [-0.15, -0.1) is 11.3 Å². The van der Waals surface area contributed by atoms with E-state index in [1.54, 1.807) is 13.1 Å². The van der Waals surface area contributed by atoms with E-state index in [0.29, 0.717) is 29.7 Å². The minimum Gasteiger partial charge on any atom is -0.462 e. The first kappa shape index (κ1) is 18.3. The zero-order valence-corrected chi connectivity index (χ0v) is 15.9. The summed E-state index contributed by atoms with van der Waals surface area (Å²) in [4.78, 5) is 29.5. The third kappa shape index (κ3) is 4.36. The lowest BCUT2D eigenvalue weighted by Gasteiger charge is -2.10. The molecule has 0 aromatic carbocycles. The fourth-order valence-electron chi connectivity index (χ4n) is 2.13. The van der Waals surface area contributed by atoms with E-state index in [2.05, 4.69) is 25.3 Å². The number of carbonyl (C=O) groups excluding carboxylic acids is 1. The smallest absolute Gasteiger partial charge is 0.343 e. The third-order valence-electron chi connectivity index (χ3n) is 3.32. The van der Waals surface area contributed by atoms with Gasteiger partial charge in [0.2, 0.25) is 0 Å². The fraction of sp³-hybridized carbons (Fsp3) is 0.235. The second-order valence-electron chi connectivity index (χ2n) is 5.05. The van der Waals surface area contributed by atoms with Gasteiger partial charge in [0.15, 0.2) is 5.16 Å². The second kappa shape index (κ2) is 8.72. The van der Waals surface area contributed by atoms with Crippen LogP contribution >= 0.6 is 23.1 Å². The van der Waals surface area contributed by atoms with Crippen molar-refractivity contribution in [1.82, 2.24) is 19.9 Å². The highest BCUT2D eigenvalue weighted by atomic mass is 32.2. The van der Waals surface area contributed by atoms with Crippen LogP contribution < -0.4 is 5.32 Å².